The van der Waals surface area contributed by atoms with Gasteiger partial charge in [0.25, 0.3) is 5.91 Å². The second-order valence-corrected chi connectivity index (χ2v) is 3.77. The van der Waals surface area contributed by atoms with E-state index in [2.05, 4.69) is 5.32 Å². The monoisotopic (exact) mass is 207 g/mol. The normalized spacial score (nSPS) is 12.2. The van der Waals surface area contributed by atoms with Crippen LogP contribution in [0, 0.1) is 6.92 Å². The van der Waals surface area contributed by atoms with Crippen LogP contribution in [-0.2, 0) is 0 Å². The summed E-state index contributed by atoms with van der Waals surface area (Å²) >= 11 is 0. The summed E-state index contributed by atoms with van der Waals surface area (Å²) in [5, 5.41) is 3.11. The van der Waals surface area contributed by atoms with Crippen LogP contribution in [0.2, 0.25) is 0 Å². The molecule has 0 aliphatic carbocycles. The van der Waals surface area contributed by atoms with Crippen LogP contribution in [0.3, 0.4) is 0 Å². The van der Waals surface area contributed by atoms with Crippen molar-refractivity contribution in [1.29, 1.82) is 0 Å². The molecule has 1 amide bonds. The third-order valence-electron chi connectivity index (χ3n) is 2.06. The smallest absolute Gasteiger partial charge is 0.250 e. The number of benzene rings is 1. The number of anilines is 1. The number of nitrogens with two attached hydrogens (primary N) is 2. The molecular formula is C11H17N3O. The number of carbonyl (C=O) groups excluding carboxylic acids is 1. The van der Waals surface area contributed by atoms with Crippen LogP contribution >= 0.6 is 0 Å². The van der Waals surface area contributed by atoms with E-state index in [-0.39, 0.29) is 6.04 Å². The summed E-state index contributed by atoms with van der Waals surface area (Å²) in [6.07, 6.45) is 0. The van der Waals surface area contributed by atoms with Gasteiger partial charge < -0.3 is 16.8 Å². The summed E-state index contributed by atoms with van der Waals surface area (Å²) in [7, 11) is 0. The predicted octanol–water partition coefficient (Wildman–Crippen LogP) is 0.853. The highest BCUT2D eigenvalue weighted by Crippen LogP contribution is 2.16. The van der Waals surface area contributed by atoms with Gasteiger partial charge in [0.2, 0.25) is 0 Å². The van der Waals surface area contributed by atoms with Gasteiger partial charge in [-0.1, -0.05) is 6.07 Å². The molecule has 1 atom stereocenters. The van der Waals surface area contributed by atoms with Crippen molar-refractivity contribution in [3.8, 4) is 0 Å². The molecule has 1 unspecified atom stereocenters. The van der Waals surface area contributed by atoms with Gasteiger partial charge in [0.1, 0.15) is 0 Å². The SMILES string of the molecule is Cc1ccc(C(N)=O)c(NCC(C)N)c1. The number of aryl methyl sites for hydroxylation is 1. The Labute approximate surface area is 89.6 Å². The zero-order valence-corrected chi connectivity index (χ0v) is 9.08. The number of nitrogens with one attached hydrogen (secondary N) is 1. The minimum atomic E-state index is -0.429. The number of amides is 1. The Morgan fingerprint density at radius 3 is 2.73 bits per heavy atom. The maximum absolute atomic E-state index is 11.1. The summed E-state index contributed by atoms with van der Waals surface area (Å²) in [5.41, 5.74) is 13.2. The lowest BCUT2D eigenvalue weighted by Crippen LogP contribution is -2.26. The molecule has 1 aromatic carbocycles. The summed E-state index contributed by atoms with van der Waals surface area (Å²) in [6, 6.07) is 5.51. The van der Waals surface area contributed by atoms with Gasteiger partial charge in [-0.15, -0.1) is 0 Å². The molecule has 0 aliphatic rings. The zero-order chi connectivity index (χ0) is 11.4. The summed E-state index contributed by atoms with van der Waals surface area (Å²) < 4.78 is 0. The number of rotatable bonds is 4. The van der Waals surface area contributed by atoms with E-state index < -0.39 is 5.91 Å². The second-order valence-electron chi connectivity index (χ2n) is 3.77. The lowest BCUT2D eigenvalue weighted by atomic mass is 10.1. The average Bonchev–Trinajstić information content (AvgIpc) is 2.14. The van der Waals surface area contributed by atoms with Crippen molar-refractivity contribution in [2.45, 2.75) is 19.9 Å². The molecule has 0 spiro atoms. The van der Waals surface area contributed by atoms with Crippen molar-refractivity contribution < 1.29 is 4.79 Å². The average molecular weight is 207 g/mol. The molecule has 0 radical (unpaired) electrons. The van der Waals surface area contributed by atoms with Crippen LogP contribution in [-0.4, -0.2) is 18.5 Å². The number of hydrogen-bond donors (Lipinski definition) is 3. The van der Waals surface area contributed by atoms with E-state index in [9.17, 15) is 4.79 Å². The Hall–Kier alpha value is -1.55. The predicted molar refractivity (Wildman–Crippen MR) is 61.8 cm³/mol. The van der Waals surface area contributed by atoms with Crippen LogP contribution in [0.1, 0.15) is 22.8 Å². The molecule has 4 heteroatoms. The molecule has 0 heterocycles. The van der Waals surface area contributed by atoms with Gasteiger partial charge in [0, 0.05) is 18.3 Å². The fourth-order valence-corrected chi connectivity index (χ4v) is 1.29. The minimum absolute atomic E-state index is 0.0336. The first-order valence-corrected chi connectivity index (χ1v) is 4.90. The summed E-state index contributed by atoms with van der Waals surface area (Å²) in [5.74, 6) is -0.429. The van der Waals surface area contributed by atoms with Gasteiger partial charge in [-0.2, -0.15) is 0 Å². The zero-order valence-electron chi connectivity index (χ0n) is 9.08. The fourth-order valence-electron chi connectivity index (χ4n) is 1.29. The van der Waals surface area contributed by atoms with E-state index in [1.807, 2.05) is 26.0 Å². The molecule has 0 fully saturated rings. The van der Waals surface area contributed by atoms with E-state index in [1.165, 1.54) is 0 Å². The molecule has 1 rings (SSSR count). The molecule has 82 valence electrons. The maximum atomic E-state index is 11.1. The van der Waals surface area contributed by atoms with E-state index in [1.54, 1.807) is 6.07 Å². The van der Waals surface area contributed by atoms with E-state index >= 15 is 0 Å². The Balaban J connectivity index is 2.92. The number of primary amides is 1. The highest BCUT2D eigenvalue weighted by atomic mass is 16.1. The van der Waals surface area contributed by atoms with E-state index in [0.717, 1.165) is 11.3 Å². The molecule has 0 bridgehead atoms. The lowest BCUT2D eigenvalue weighted by Gasteiger charge is -2.12. The third kappa shape index (κ3) is 3.25. The molecule has 1 aromatic rings. The van der Waals surface area contributed by atoms with Crippen molar-refractivity contribution in [3.05, 3.63) is 29.3 Å². The molecule has 15 heavy (non-hydrogen) atoms. The molecule has 0 aromatic heterocycles. The van der Waals surface area contributed by atoms with Crippen molar-refractivity contribution in [3.63, 3.8) is 0 Å². The van der Waals surface area contributed by atoms with Crippen LogP contribution in [0.25, 0.3) is 0 Å². The summed E-state index contributed by atoms with van der Waals surface area (Å²) in [6.45, 7) is 4.47. The first-order valence-electron chi connectivity index (χ1n) is 4.90. The highest BCUT2D eigenvalue weighted by molar-refractivity contribution is 5.98. The van der Waals surface area contributed by atoms with Crippen LogP contribution in [0.15, 0.2) is 18.2 Å². The van der Waals surface area contributed by atoms with Crippen LogP contribution in [0.4, 0.5) is 5.69 Å². The van der Waals surface area contributed by atoms with E-state index in [4.69, 9.17) is 11.5 Å². The van der Waals surface area contributed by atoms with Crippen LogP contribution in [0.5, 0.6) is 0 Å². The molecule has 0 aliphatic heterocycles. The summed E-state index contributed by atoms with van der Waals surface area (Å²) in [4.78, 5) is 11.1. The molecule has 0 saturated heterocycles. The largest absolute Gasteiger partial charge is 0.383 e. The Morgan fingerprint density at radius 1 is 1.53 bits per heavy atom. The van der Waals surface area contributed by atoms with Gasteiger partial charge in [0.05, 0.1) is 5.56 Å². The third-order valence-corrected chi connectivity index (χ3v) is 2.06. The Morgan fingerprint density at radius 2 is 2.20 bits per heavy atom. The highest BCUT2D eigenvalue weighted by Gasteiger charge is 2.07. The fraction of sp³-hybridized carbons (Fsp3) is 0.364. The van der Waals surface area contributed by atoms with Gasteiger partial charge in [0.15, 0.2) is 0 Å². The van der Waals surface area contributed by atoms with Gasteiger partial charge in [-0.05, 0) is 31.5 Å². The number of carbonyl (C=O) groups is 1. The minimum Gasteiger partial charge on any atom is -0.383 e. The van der Waals surface area contributed by atoms with Gasteiger partial charge >= 0.3 is 0 Å². The topological polar surface area (TPSA) is 81.1 Å². The molecular weight excluding hydrogens is 190 g/mol. The maximum Gasteiger partial charge on any atom is 0.250 e. The van der Waals surface area contributed by atoms with E-state index in [0.29, 0.717) is 12.1 Å². The first kappa shape index (κ1) is 11.5. The van der Waals surface area contributed by atoms with Crippen molar-refractivity contribution in [2.75, 3.05) is 11.9 Å². The second kappa shape index (κ2) is 4.79. The van der Waals surface area contributed by atoms with Gasteiger partial charge in [-0.3, -0.25) is 4.79 Å². The lowest BCUT2D eigenvalue weighted by molar-refractivity contribution is 0.100. The molecule has 4 nitrogen and oxygen atoms in total. The first-order chi connectivity index (χ1) is 7.00. The van der Waals surface area contributed by atoms with Crippen molar-refractivity contribution >= 4 is 11.6 Å². The standard InChI is InChI=1S/C11H17N3O/c1-7-3-4-9(11(13)15)10(5-7)14-6-8(2)12/h3-5,8,14H,6,12H2,1-2H3,(H2,13,15). The number of hydrogen-bond acceptors (Lipinski definition) is 3. The Bertz CT molecular complexity index is 361. The van der Waals surface area contributed by atoms with Crippen molar-refractivity contribution in [2.24, 2.45) is 11.5 Å². The van der Waals surface area contributed by atoms with Crippen molar-refractivity contribution in [1.82, 2.24) is 0 Å². The van der Waals surface area contributed by atoms with Crippen LogP contribution < -0.4 is 16.8 Å². The molecule has 0 saturated carbocycles. The van der Waals surface area contributed by atoms with Gasteiger partial charge in [-0.25, -0.2) is 0 Å². The quantitative estimate of drug-likeness (QED) is 0.684. The Kier molecular flexibility index (Phi) is 3.68. The molecule has 5 N–H and O–H groups in total.